The molecule has 0 aromatic heterocycles. The summed E-state index contributed by atoms with van der Waals surface area (Å²) >= 11 is 4.95. The molecule has 0 atom stereocenters. The summed E-state index contributed by atoms with van der Waals surface area (Å²) in [5.74, 6) is -0.383. The Hall–Kier alpha value is -0.640. The fourth-order valence-electron chi connectivity index (χ4n) is 1.31. The topological polar surface area (TPSA) is 29.5 Å². The van der Waals surface area contributed by atoms with Gasteiger partial charge in [0, 0.05) is 13.1 Å². The average molecular weight is 187 g/mol. The van der Waals surface area contributed by atoms with Gasteiger partial charge in [-0.05, 0) is 19.3 Å². The van der Waals surface area contributed by atoms with Crippen LogP contribution < -0.4 is 0 Å². The standard InChI is InChI=1S/C8H13NO2S/c1-11-8(10)7(12)9-5-3-2-4-6-9/h2-6H2,1H3. The van der Waals surface area contributed by atoms with Gasteiger partial charge >= 0.3 is 5.97 Å². The van der Waals surface area contributed by atoms with E-state index in [0.717, 1.165) is 25.9 Å². The molecule has 0 aromatic rings. The third-order valence-corrected chi connectivity index (χ3v) is 2.43. The number of rotatable bonds is 0. The molecule has 0 radical (unpaired) electrons. The molecule has 0 spiro atoms. The maximum Gasteiger partial charge on any atom is 0.365 e. The van der Waals surface area contributed by atoms with Gasteiger partial charge < -0.3 is 9.64 Å². The van der Waals surface area contributed by atoms with Gasteiger partial charge in [-0.1, -0.05) is 12.2 Å². The molecule has 0 N–H and O–H groups in total. The Kier molecular flexibility index (Phi) is 3.47. The summed E-state index contributed by atoms with van der Waals surface area (Å²) in [5, 5.41) is 0. The predicted octanol–water partition coefficient (Wildman–Crippen LogP) is 0.973. The van der Waals surface area contributed by atoms with Crippen molar-refractivity contribution < 1.29 is 9.53 Å². The number of carbonyl (C=O) groups excluding carboxylic acids is 1. The highest BCUT2D eigenvalue weighted by molar-refractivity contribution is 7.81. The van der Waals surface area contributed by atoms with Crippen molar-refractivity contribution in [3.05, 3.63) is 0 Å². The summed E-state index contributed by atoms with van der Waals surface area (Å²) in [5.41, 5.74) is 0. The van der Waals surface area contributed by atoms with Gasteiger partial charge in [0.2, 0.25) is 0 Å². The van der Waals surface area contributed by atoms with E-state index < -0.39 is 0 Å². The minimum Gasteiger partial charge on any atom is -0.464 e. The van der Waals surface area contributed by atoms with Crippen LogP contribution in [0.1, 0.15) is 19.3 Å². The van der Waals surface area contributed by atoms with Crippen LogP contribution in [0.2, 0.25) is 0 Å². The van der Waals surface area contributed by atoms with Crippen molar-refractivity contribution in [3.8, 4) is 0 Å². The maximum absolute atomic E-state index is 11.0. The van der Waals surface area contributed by atoms with E-state index >= 15 is 0 Å². The second kappa shape index (κ2) is 4.40. The van der Waals surface area contributed by atoms with Gasteiger partial charge in [-0.3, -0.25) is 0 Å². The van der Waals surface area contributed by atoms with E-state index in [2.05, 4.69) is 4.74 Å². The first kappa shape index (κ1) is 9.45. The molecule has 12 heavy (non-hydrogen) atoms. The fraction of sp³-hybridized carbons (Fsp3) is 0.750. The molecule has 0 bridgehead atoms. The highest BCUT2D eigenvalue weighted by atomic mass is 32.1. The summed E-state index contributed by atoms with van der Waals surface area (Å²) in [6, 6.07) is 0. The Bertz CT molecular complexity index is 187. The Morgan fingerprint density at radius 3 is 2.42 bits per heavy atom. The van der Waals surface area contributed by atoms with Gasteiger partial charge in [-0.2, -0.15) is 0 Å². The van der Waals surface area contributed by atoms with E-state index in [-0.39, 0.29) is 5.97 Å². The molecule has 0 saturated carbocycles. The van der Waals surface area contributed by atoms with Crippen molar-refractivity contribution in [3.63, 3.8) is 0 Å². The van der Waals surface area contributed by atoms with E-state index in [1.165, 1.54) is 13.5 Å². The van der Waals surface area contributed by atoms with Crippen LogP contribution in [0.15, 0.2) is 0 Å². The van der Waals surface area contributed by atoms with Crippen LogP contribution in [0.5, 0.6) is 0 Å². The average Bonchev–Trinajstić information content (AvgIpc) is 2.17. The van der Waals surface area contributed by atoms with Gasteiger partial charge in [0.1, 0.15) is 0 Å². The van der Waals surface area contributed by atoms with Crippen LogP contribution in [0.4, 0.5) is 0 Å². The molecule has 0 unspecified atom stereocenters. The van der Waals surface area contributed by atoms with Crippen molar-refractivity contribution in [2.24, 2.45) is 0 Å². The van der Waals surface area contributed by atoms with Crippen LogP contribution in [0.3, 0.4) is 0 Å². The molecule has 4 heteroatoms. The lowest BCUT2D eigenvalue weighted by Crippen LogP contribution is -2.39. The number of nitrogens with zero attached hydrogens (tertiary/aromatic N) is 1. The molecule has 1 rings (SSSR count). The number of likely N-dealkylation sites (tertiary alicyclic amines) is 1. The Labute approximate surface area is 77.7 Å². The van der Waals surface area contributed by atoms with E-state index in [1.807, 2.05) is 4.90 Å². The molecule has 1 aliphatic rings. The summed E-state index contributed by atoms with van der Waals surface area (Å²) in [6.45, 7) is 1.79. The van der Waals surface area contributed by atoms with Crippen molar-refractivity contribution in [2.75, 3.05) is 20.2 Å². The van der Waals surface area contributed by atoms with Crippen molar-refractivity contribution in [1.82, 2.24) is 4.90 Å². The lowest BCUT2D eigenvalue weighted by molar-refractivity contribution is -0.133. The second-order valence-corrected chi connectivity index (χ2v) is 3.23. The monoisotopic (exact) mass is 187 g/mol. The molecule has 3 nitrogen and oxygen atoms in total. The summed E-state index contributed by atoms with van der Waals surface area (Å²) in [4.78, 5) is 13.3. The minimum absolute atomic E-state index is 0.331. The number of ether oxygens (including phenoxy) is 1. The zero-order valence-corrected chi connectivity index (χ0v) is 8.02. The number of methoxy groups -OCH3 is 1. The van der Waals surface area contributed by atoms with E-state index in [0.29, 0.717) is 4.99 Å². The molecule has 0 amide bonds. The SMILES string of the molecule is COC(=O)C(=S)N1CCCCC1. The molecule has 1 saturated heterocycles. The molecule has 68 valence electrons. The summed E-state index contributed by atoms with van der Waals surface area (Å²) in [7, 11) is 1.36. The predicted molar refractivity (Wildman–Crippen MR) is 50.0 cm³/mol. The van der Waals surface area contributed by atoms with Crippen LogP contribution >= 0.6 is 12.2 Å². The highest BCUT2D eigenvalue weighted by Crippen LogP contribution is 2.09. The molecule has 1 aliphatic heterocycles. The first-order valence-electron chi connectivity index (χ1n) is 4.13. The first-order chi connectivity index (χ1) is 5.75. The van der Waals surface area contributed by atoms with E-state index in [4.69, 9.17) is 12.2 Å². The summed E-state index contributed by atoms with van der Waals surface area (Å²) in [6.07, 6.45) is 3.48. The summed E-state index contributed by atoms with van der Waals surface area (Å²) < 4.78 is 4.54. The van der Waals surface area contributed by atoms with Crippen molar-refractivity contribution in [2.45, 2.75) is 19.3 Å². The van der Waals surface area contributed by atoms with Crippen molar-refractivity contribution in [1.29, 1.82) is 0 Å². The Morgan fingerprint density at radius 2 is 1.92 bits per heavy atom. The van der Waals surface area contributed by atoms with Gasteiger partial charge in [-0.15, -0.1) is 0 Å². The number of hydrogen-bond acceptors (Lipinski definition) is 3. The Morgan fingerprint density at radius 1 is 1.33 bits per heavy atom. The molecule has 1 heterocycles. The number of esters is 1. The second-order valence-electron chi connectivity index (χ2n) is 2.84. The lowest BCUT2D eigenvalue weighted by Gasteiger charge is -2.27. The van der Waals surface area contributed by atoms with Gasteiger partial charge in [0.05, 0.1) is 7.11 Å². The largest absolute Gasteiger partial charge is 0.464 e. The third kappa shape index (κ3) is 2.17. The first-order valence-corrected chi connectivity index (χ1v) is 4.53. The molecule has 0 aromatic carbocycles. The lowest BCUT2D eigenvalue weighted by atomic mass is 10.1. The van der Waals surface area contributed by atoms with Crippen LogP contribution in [0, 0.1) is 0 Å². The zero-order chi connectivity index (χ0) is 8.97. The van der Waals surface area contributed by atoms with Gasteiger partial charge in [-0.25, -0.2) is 4.79 Å². The van der Waals surface area contributed by atoms with Gasteiger partial charge in [0.15, 0.2) is 4.99 Å². The molecule has 0 aliphatic carbocycles. The minimum atomic E-state index is -0.383. The fourth-order valence-corrected chi connectivity index (χ4v) is 1.58. The third-order valence-electron chi connectivity index (χ3n) is 2.00. The normalized spacial score (nSPS) is 17.2. The van der Waals surface area contributed by atoms with Gasteiger partial charge in [0.25, 0.3) is 0 Å². The van der Waals surface area contributed by atoms with E-state index in [9.17, 15) is 4.79 Å². The zero-order valence-electron chi connectivity index (χ0n) is 7.21. The molecular weight excluding hydrogens is 174 g/mol. The number of carbonyl (C=O) groups is 1. The smallest absolute Gasteiger partial charge is 0.365 e. The highest BCUT2D eigenvalue weighted by Gasteiger charge is 2.19. The quantitative estimate of drug-likeness (QED) is 0.417. The molecular formula is C8H13NO2S. The van der Waals surface area contributed by atoms with Crippen LogP contribution in [0.25, 0.3) is 0 Å². The van der Waals surface area contributed by atoms with Crippen LogP contribution in [-0.2, 0) is 9.53 Å². The van der Waals surface area contributed by atoms with Crippen molar-refractivity contribution >= 4 is 23.2 Å². The molecule has 1 fully saturated rings. The van der Waals surface area contributed by atoms with Crippen LogP contribution in [-0.4, -0.2) is 36.1 Å². The Balaban J connectivity index is 2.45. The number of piperidine rings is 1. The maximum atomic E-state index is 11.0. The van der Waals surface area contributed by atoms with E-state index in [1.54, 1.807) is 0 Å². The number of hydrogen-bond donors (Lipinski definition) is 0. The number of thiocarbonyl (C=S) groups is 1.